The van der Waals surface area contributed by atoms with Crippen LogP contribution in [-0.2, 0) is 28.2 Å². The molecule has 0 aromatic carbocycles. The molecule has 0 saturated heterocycles. The van der Waals surface area contributed by atoms with Gasteiger partial charge in [0.05, 0.1) is 21.9 Å². The maximum absolute atomic E-state index is 5.22. The normalized spacial score (nSPS) is 18.1. The lowest BCUT2D eigenvalue weighted by atomic mass is 10.1. The van der Waals surface area contributed by atoms with E-state index < -0.39 is 6.17 Å². The van der Waals surface area contributed by atoms with E-state index in [0.717, 1.165) is 73.1 Å². The van der Waals surface area contributed by atoms with E-state index in [0.29, 0.717) is 5.49 Å². The molecule has 3 aliphatic heterocycles. The maximum atomic E-state index is 5.22. The molecule has 0 radical (unpaired) electrons. The number of nitrogens with one attached hydrogen (secondary N) is 4. The number of amidine groups is 2. The highest BCUT2D eigenvalue weighted by Gasteiger charge is 2.39. The van der Waals surface area contributed by atoms with Gasteiger partial charge >= 0.3 is 0 Å². The summed E-state index contributed by atoms with van der Waals surface area (Å²) in [7, 11) is 8.14. The quantitative estimate of drug-likeness (QED) is 0.195. The van der Waals surface area contributed by atoms with Gasteiger partial charge in [-0.1, -0.05) is 0 Å². The van der Waals surface area contributed by atoms with Crippen LogP contribution in [0.4, 0.5) is 11.6 Å². The first-order valence-corrected chi connectivity index (χ1v) is 14.5. The molecule has 0 spiro atoms. The molecule has 2 atom stereocenters. The van der Waals surface area contributed by atoms with Crippen LogP contribution in [-0.4, -0.2) is 21.6 Å². The molecule has 0 saturated carbocycles. The summed E-state index contributed by atoms with van der Waals surface area (Å²) in [6, 6.07) is 16.5. The number of hydrogen-bond donors (Lipinski definition) is 4. The molecule has 8 bridgehead atoms. The van der Waals surface area contributed by atoms with Crippen LogP contribution in [0.2, 0.25) is 0 Å². The first-order chi connectivity index (χ1) is 21.4. The number of rotatable bonds is 0. The summed E-state index contributed by atoms with van der Waals surface area (Å²) in [5, 5.41) is 9.28. The number of aliphatic imine (C=N–C) groups is 2. The topological polar surface area (TPSA) is 121 Å². The number of nitrogens with zero attached hydrogens (tertiary/aromatic N) is 8. The van der Waals surface area contributed by atoms with Crippen LogP contribution in [0.3, 0.4) is 0 Å². The molecule has 214 valence electrons. The molecule has 2 unspecified atom stereocenters. The van der Waals surface area contributed by atoms with Crippen molar-refractivity contribution in [3.63, 3.8) is 0 Å². The molecule has 0 fully saturated rings. The Morgan fingerprint density at radius 1 is 0.659 bits per heavy atom. The summed E-state index contributed by atoms with van der Waals surface area (Å²) in [6.45, 7) is 0. The summed E-state index contributed by atoms with van der Waals surface area (Å²) < 4.78 is 8.36. The van der Waals surface area contributed by atoms with E-state index >= 15 is 0 Å². The Morgan fingerprint density at radius 2 is 1.39 bits per heavy atom. The van der Waals surface area contributed by atoms with Crippen molar-refractivity contribution < 1.29 is 18.3 Å². The minimum absolute atomic E-state index is 0.340. The van der Waals surface area contributed by atoms with Gasteiger partial charge in [-0.05, 0) is 24.3 Å². The molecular weight excluding hydrogens is 552 g/mol. The SMILES string of the molecule is C[n+]1cccc2c1C1=NC2Nc2[nH]c(c3ccc[n+](C)c23)N=c2[nH]c(c3ccc[n+](C)c23)=NC2N=C(N1)c1ccc[n+](C)c12. The highest BCUT2D eigenvalue weighted by Crippen LogP contribution is 2.35. The Balaban J connectivity index is 1.39. The minimum Gasteiger partial charge on any atom is -0.340 e. The van der Waals surface area contributed by atoms with Crippen molar-refractivity contribution in [3.8, 4) is 0 Å². The largest absolute Gasteiger partial charge is 0.340 e. The zero-order chi connectivity index (χ0) is 29.7. The summed E-state index contributed by atoms with van der Waals surface area (Å²) in [4.78, 5) is 27.9. The fourth-order valence-corrected chi connectivity index (χ4v) is 6.76. The number of aromatic nitrogens is 6. The van der Waals surface area contributed by atoms with E-state index in [1.807, 2.05) is 77.2 Å². The van der Waals surface area contributed by atoms with Crippen molar-refractivity contribution in [3.05, 3.63) is 107 Å². The second-order valence-electron chi connectivity index (χ2n) is 11.5. The lowest BCUT2D eigenvalue weighted by molar-refractivity contribution is -0.680. The number of pyridine rings is 4. The third kappa shape index (κ3) is 3.44. The molecule has 6 aromatic rings. The number of fused-ring (bicyclic) bond motifs is 18. The van der Waals surface area contributed by atoms with Gasteiger partial charge in [-0.3, -0.25) is 0 Å². The Hall–Kier alpha value is -5.78. The molecule has 4 N–H and O–H groups in total. The highest BCUT2D eigenvalue weighted by molar-refractivity contribution is 6.16. The van der Waals surface area contributed by atoms with Gasteiger partial charge in [-0.25, -0.2) is 24.5 Å². The predicted molar refractivity (Wildman–Crippen MR) is 161 cm³/mol. The van der Waals surface area contributed by atoms with Crippen LogP contribution in [0.1, 0.15) is 34.8 Å². The highest BCUT2D eigenvalue weighted by atomic mass is 15.2. The summed E-state index contributed by atoms with van der Waals surface area (Å²) >= 11 is 0. The summed E-state index contributed by atoms with van der Waals surface area (Å²) in [5.41, 5.74) is 7.45. The van der Waals surface area contributed by atoms with Crippen molar-refractivity contribution in [1.29, 1.82) is 0 Å². The van der Waals surface area contributed by atoms with Crippen LogP contribution in [0, 0.1) is 0 Å². The lowest BCUT2D eigenvalue weighted by Crippen LogP contribution is -2.42. The van der Waals surface area contributed by atoms with Crippen LogP contribution in [0.15, 0.2) is 93.3 Å². The molecule has 12 nitrogen and oxygen atoms in total. The van der Waals surface area contributed by atoms with E-state index in [9.17, 15) is 0 Å². The Labute approximate surface area is 251 Å². The minimum atomic E-state index is -0.469. The van der Waals surface area contributed by atoms with E-state index in [-0.39, 0.29) is 6.17 Å². The van der Waals surface area contributed by atoms with Gasteiger partial charge in [0.25, 0.3) is 16.7 Å². The van der Waals surface area contributed by atoms with Crippen molar-refractivity contribution in [2.45, 2.75) is 12.3 Å². The van der Waals surface area contributed by atoms with E-state index in [2.05, 4.69) is 63.1 Å². The Bertz CT molecular complexity index is 2410. The molecule has 9 heterocycles. The second-order valence-corrected chi connectivity index (χ2v) is 11.5. The summed E-state index contributed by atoms with van der Waals surface area (Å²) in [5.74, 6) is 3.05. The number of anilines is 1. The third-order valence-electron chi connectivity index (χ3n) is 8.77. The van der Waals surface area contributed by atoms with Gasteiger partial charge in [0.15, 0.2) is 36.8 Å². The Kier molecular flexibility index (Phi) is 4.99. The van der Waals surface area contributed by atoms with Crippen molar-refractivity contribution in [2.75, 3.05) is 5.32 Å². The zero-order valence-electron chi connectivity index (χ0n) is 24.7. The zero-order valence-corrected chi connectivity index (χ0v) is 24.7. The van der Waals surface area contributed by atoms with E-state index in [1.54, 1.807) is 0 Å². The first-order valence-electron chi connectivity index (χ1n) is 14.5. The maximum Gasteiger partial charge on any atom is 0.259 e. The monoisotopic (exact) mass is 582 g/mol. The van der Waals surface area contributed by atoms with Crippen molar-refractivity contribution in [2.24, 2.45) is 48.2 Å². The number of aryl methyl sites for hydroxylation is 4. The fourth-order valence-electron chi connectivity index (χ4n) is 6.76. The third-order valence-corrected chi connectivity index (χ3v) is 8.77. The van der Waals surface area contributed by atoms with Crippen LogP contribution >= 0.6 is 0 Å². The molecular formula is C32H30N12+4. The number of aromatic amines is 2. The average molecular weight is 583 g/mol. The van der Waals surface area contributed by atoms with Gasteiger partial charge < -0.3 is 20.6 Å². The fraction of sp³-hybridized carbons (Fsp3) is 0.188. The molecule has 9 rings (SSSR count). The molecule has 6 aromatic heterocycles. The van der Waals surface area contributed by atoms with Gasteiger partial charge in [-0.2, -0.15) is 13.7 Å². The second kappa shape index (κ2) is 8.86. The van der Waals surface area contributed by atoms with Gasteiger partial charge in [0.2, 0.25) is 23.2 Å². The molecule has 12 heteroatoms. The lowest BCUT2D eigenvalue weighted by Gasteiger charge is -2.10. The predicted octanol–water partition coefficient (Wildman–Crippen LogP) is 0.451. The van der Waals surface area contributed by atoms with Gasteiger partial charge in [0.1, 0.15) is 45.3 Å². The number of H-pyrrole nitrogens is 2. The van der Waals surface area contributed by atoms with Crippen molar-refractivity contribution >= 4 is 45.1 Å². The first kappa shape index (κ1) is 24.8. The van der Waals surface area contributed by atoms with E-state index in [1.165, 1.54) is 0 Å². The average Bonchev–Trinajstić information content (AvgIpc) is 3.74. The molecule has 3 aliphatic rings. The van der Waals surface area contributed by atoms with Crippen LogP contribution in [0.5, 0.6) is 0 Å². The molecule has 0 aliphatic carbocycles. The molecule has 0 amide bonds. The van der Waals surface area contributed by atoms with Crippen LogP contribution in [0.25, 0.3) is 21.8 Å². The van der Waals surface area contributed by atoms with Crippen LogP contribution < -0.4 is 39.9 Å². The smallest absolute Gasteiger partial charge is 0.259 e. The Morgan fingerprint density at radius 3 is 2.25 bits per heavy atom. The van der Waals surface area contributed by atoms with Gasteiger partial charge in [-0.15, -0.1) is 0 Å². The standard InChI is InChI=1S/C32H29N12/c1-41-13-5-9-17-21(41)29-33-25(17)38-30-23-19(11-7-15-43(23)3)27(35-30)40-32-24-20(12-8-16-44(24)4)28(36-32)39-31-22-18(26(34-31)37-29)10-6-14-42(22)2/h5-16,25,31H,1-4H3,(H3,33,34,35,36,37,38,39,40)/q+3/p+1. The summed E-state index contributed by atoms with van der Waals surface area (Å²) in [6.07, 6.45) is 7.33. The molecule has 44 heavy (non-hydrogen) atoms. The van der Waals surface area contributed by atoms with E-state index in [4.69, 9.17) is 20.0 Å². The van der Waals surface area contributed by atoms with Gasteiger partial charge in [0, 0.05) is 24.3 Å². The van der Waals surface area contributed by atoms with Crippen molar-refractivity contribution in [1.82, 2.24) is 15.3 Å². The number of hydrogen-bond acceptors (Lipinski definition) is 6.